The molecule has 1 aromatic rings. The number of pyridine rings is 1. The molecule has 4 nitrogen and oxygen atoms in total. The van der Waals surface area contributed by atoms with Crippen LogP contribution in [0.5, 0.6) is 5.75 Å². The molecule has 0 spiro atoms. The van der Waals surface area contributed by atoms with Crippen molar-refractivity contribution in [3.05, 3.63) is 24.0 Å². The summed E-state index contributed by atoms with van der Waals surface area (Å²) in [7, 11) is 3.79. The topological polar surface area (TPSA) is 37.4 Å². The Morgan fingerprint density at radius 2 is 2.24 bits per heavy atom. The molecule has 96 valence electrons. The molecule has 0 aliphatic carbocycles. The summed E-state index contributed by atoms with van der Waals surface area (Å²) in [4.78, 5) is 6.32. The van der Waals surface area contributed by atoms with Gasteiger partial charge >= 0.3 is 0 Å². The lowest BCUT2D eigenvalue weighted by atomic mass is 10.2. The number of rotatable bonds is 7. The van der Waals surface area contributed by atoms with Crippen LogP contribution in [0.2, 0.25) is 0 Å². The fourth-order valence-electron chi connectivity index (χ4n) is 1.64. The van der Waals surface area contributed by atoms with Gasteiger partial charge in [0.15, 0.2) is 0 Å². The molecule has 1 heterocycles. The molecular weight excluding hydrogens is 214 g/mol. The van der Waals surface area contributed by atoms with Crippen LogP contribution in [0.4, 0.5) is 0 Å². The molecule has 1 aromatic heterocycles. The molecular formula is C13H23N3O. The SMILES string of the molecule is COc1cnccc1CN(C)CCNC(C)C. The first-order valence-electron chi connectivity index (χ1n) is 6.02. The predicted octanol–water partition coefficient (Wildman–Crippen LogP) is 1.52. The minimum atomic E-state index is 0.541. The predicted molar refractivity (Wildman–Crippen MR) is 70.3 cm³/mol. The second kappa shape index (κ2) is 7.25. The third-order valence-electron chi connectivity index (χ3n) is 2.58. The van der Waals surface area contributed by atoms with Crippen molar-refractivity contribution < 1.29 is 4.74 Å². The largest absolute Gasteiger partial charge is 0.495 e. The first-order chi connectivity index (χ1) is 8.13. The second-order valence-electron chi connectivity index (χ2n) is 4.53. The molecule has 0 atom stereocenters. The van der Waals surface area contributed by atoms with Crippen molar-refractivity contribution in [3.8, 4) is 5.75 Å². The van der Waals surface area contributed by atoms with E-state index in [0.717, 1.165) is 25.4 Å². The van der Waals surface area contributed by atoms with Gasteiger partial charge < -0.3 is 15.0 Å². The van der Waals surface area contributed by atoms with E-state index >= 15 is 0 Å². The van der Waals surface area contributed by atoms with Crippen LogP contribution in [0.15, 0.2) is 18.5 Å². The molecule has 1 N–H and O–H groups in total. The highest BCUT2D eigenvalue weighted by atomic mass is 16.5. The van der Waals surface area contributed by atoms with Gasteiger partial charge in [-0.2, -0.15) is 0 Å². The second-order valence-corrected chi connectivity index (χ2v) is 4.53. The Morgan fingerprint density at radius 1 is 1.47 bits per heavy atom. The zero-order chi connectivity index (χ0) is 12.7. The number of ether oxygens (including phenoxy) is 1. The Morgan fingerprint density at radius 3 is 2.88 bits per heavy atom. The maximum atomic E-state index is 5.28. The fourth-order valence-corrected chi connectivity index (χ4v) is 1.64. The van der Waals surface area contributed by atoms with Crippen molar-refractivity contribution in [1.29, 1.82) is 0 Å². The summed E-state index contributed by atoms with van der Waals surface area (Å²) in [6.07, 6.45) is 3.56. The van der Waals surface area contributed by atoms with Crippen LogP contribution >= 0.6 is 0 Å². The van der Waals surface area contributed by atoms with E-state index in [1.54, 1.807) is 19.5 Å². The van der Waals surface area contributed by atoms with E-state index in [1.807, 2.05) is 6.07 Å². The Balaban J connectivity index is 2.41. The van der Waals surface area contributed by atoms with Crippen LogP contribution in [0.25, 0.3) is 0 Å². The van der Waals surface area contributed by atoms with Crippen LogP contribution in [0.3, 0.4) is 0 Å². The van der Waals surface area contributed by atoms with Gasteiger partial charge in [-0.3, -0.25) is 4.98 Å². The van der Waals surface area contributed by atoms with E-state index in [0.29, 0.717) is 6.04 Å². The molecule has 0 radical (unpaired) electrons. The van der Waals surface area contributed by atoms with Gasteiger partial charge in [0.05, 0.1) is 13.3 Å². The molecule has 17 heavy (non-hydrogen) atoms. The Kier molecular flexibility index (Phi) is 5.94. The van der Waals surface area contributed by atoms with Gasteiger partial charge in [-0.1, -0.05) is 13.8 Å². The van der Waals surface area contributed by atoms with Crippen molar-refractivity contribution in [2.45, 2.75) is 26.4 Å². The van der Waals surface area contributed by atoms with Gasteiger partial charge in [0.1, 0.15) is 5.75 Å². The summed E-state index contributed by atoms with van der Waals surface area (Å²) in [6, 6.07) is 2.55. The standard InChI is InChI=1S/C13H23N3O/c1-11(2)15-7-8-16(3)10-12-5-6-14-9-13(12)17-4/h5-6,9,11,15H,7-8,10H2,1-4H3. The number of methoxy groups -OCH3 is 1. The summed E-state index contributed by atoms with van der Waals surface area (Å²) < 4.78 is 5.28. The minimum absolute atomic E-state index is 0.541. The quantitative estimate of drug-likeness (QED) is 0.780. The van der Waals surface area contributed by atoms with Crippen molar-refractivity contribution in [1.82, 2.24) is 15.2 Å². The molecule has 0 amide bonds. The zero-order valence-corrected chi connectivity index (χ0v) is 11.2. The molecule has 1 rings (SSSR count). The first-order valence-corrected chi connectivity index (χ1v) is 6.02. The van der Waals surface area contributed by atoms with Crippen molar-refractivity contribution in [3.63, 3.8) is 0 Å². The summed E-state index contributed by atoms with van der Waals surface area (Å²) in [5, 5.41) is 3.41. The Bertz CT molecular complexity index is 328. The summed E-state index contributed by atoms with van der Waals surface area (Å²) >= 11 is 0. The third-order valence-corrected chi connectivity index (χ3v) is 2.58. The zero-order valence-electron chi connectivity index (χ0n) is 11.2. The summed E-state index contributed by atoms with van der Waals surface area (Å²) in [6.45, 7) is 7.22. The molecule has 0 aliphatic rings. The van der Waals surface area contributed by atoms with E-state index in [1.165, 1.54) is 5.56 Å². The molecule has 0 saturated carbocycles. The maximum Gasteiger partial charge on any atom is 0.141 e. The van der Waals surface area contributed by atoms with Crippen LogP contribution in [-0.2, 0) is 6.54 Å². The van der Waals surface area contributed by atoms with Gasteiger partial charge in [0.25, 0.3) is 0 Å². The van der Waals surface area contributed by atoms with E-state index < -0.39 is 0 Å². The van der Waals surface area contributed by atoms with E-state index in [9.17, 15) is 0 Å². The van der Waals surface area contributed by atoms with Crippen molar-refractivity contribution in [2.24, 2.45) is 0 Å². The first kappa shape index (κ1) is 13.9. The molecule has 0 unspecified atom stereocenters. The fraction of sp³-hybridized carbons (Fsp3) is 0.615. The van der Waals surface area contributed by atoms with E-state index in [2.05, 4.69) is 36.1 Å². The Hall–Kier alpha value is -1.13. The van der Waals surface area contributed by atoms with Gasteiger partial charge in [-0.05, 0) is 13.1 Å². The highest BCUT2D eigenvalue weighted by Gasteiger charge is 2.05. The van der Waals surface area contributed by atoms with E-state index in [-0.39, 0.29) is 0 Å². The number of hydrogen-bond acceptors (Lipinski definition) is 4. The van der Waals surface area contributed by atoms with E-state index in [4.69, 9.17) is 4.74 Å². The molecule has 0 fully saturated rings. The number of hydrogen-bond donors (Lipinski definition) is 1. The lowest BCUT2D eigenvalue weighted by molar-refractivity contribution is 0.311. The van der Waals surface area contributed by atoms with Gasteiger partial charge in [0.2, 0.25) is 0 Å². The average Bonchev–Trinajstić information content (AvgIpc) is 2.29. The molecule has 0 saturated heterocycles. The molecule has 0 aliphatic heterocycles. The highest BCUT2D eigenvalue weighted by Crippen LogP contribution is 2.16. The number of nitrogens with one attached hydrogen (secondary N) is 1. The molecule has 4 heteroatoms. The normalized spacial score (nSPS) is 11.2. The minimum Gasteiger partial charge on any atom is -0.495 e. The maximum absolute atomic E-state index is 5.28. The smallest absolute Gasteiger partial charge is 0.141 e. The van der Waals surface area contributed by atoms with Crippen LogP contribution in [0.1, 0.15) is 19.4 Å². The van der Waals surface area contributed by atoms with Crippen molar-refractivity contribution in [2.75, 3.05) is 27.2 Å². The van der Waals surface area contributed by atoms with Crippen LogP contribution < -0.4 is 10.1 Å². The van der Waals surface area contributed by atoms with Crippen molar-refractivity contribution >= 4 is 0 Å². The van der Waals surface area contributed by atoms with Crippen LogP contribution in [0, 0.1) is 0 Å². The Labute approximate surface area is 104 Å². The van der Waals surface area contributed by atoms with Gasteiger partial charge in [-0.25, -0.2) is 0 Å². The van der Waals surface area contributed by atoms with Gasteiger partial charge in [0, 0.05) is 37.4 Å². The summed E-state index contributed by atoms with van der Waals surface area (Å²) in [5.41, 5.74) is 1.18. The number of nitrogens with zero attached hydrogens (tertiary/aromatic N) is 2. The highest BCUT2D eigenvalue weighted by molar-refractivity contribution is 5.29. The molecule has 0 aromatic carbocycles. The third kappa shape index (κ3) is 5.15. The molecule has 0 bridgehead atoms. The number of likely N-dealkylation sites (N-methyl/N-ethyl adjacent to an activating group) is 1. The number of aromatic nitrogens is 1. The van der Waals surface area contributed by atoms with Gasteiger partial charge in [-0.15, -0.1) is 0 Å². The lowest BCUT2D eigenvalue weighted by Gasteiger charge is -2.19. The van der Waals surface area contributed by atoms with Crippen LogP contribution in [-0.4, -0.2) is 43.2 Å². The lowest BCUT2D eigenvalue weighted by Crippen LogP contribution is -2.32. The summed E-state index contributed by atoms with van der Waals surface area (Å²) in [5.74, 6) is 0.858. The average molecular weight is 237 g/mol. The monoisotopic (exact) mass is 237 g/mol.